The van der Waals surface area contributed by atoms with E-state index in [0.717, 1.165) is 22.3 Å². The van der Waals surface area contributed by atoms with Crippen LogP contribution in [-0.2, 0) is 6.54 Å². The molecule has 0 heterocycles. The Morgan fingerprint density at radius 3 is 2.48 bits per heavy atom. The van der Waals surface area contributed by atoms with E-state index in [1.54, 1.807) is 12.1 Å². The Labute approximate surface area is 133 Å². The first-order valence-corrected chi connectivity index (χ1v) is 7.37. The minimum absolute atomic E-state index is 0.297. The van der Waals surface area contributed by atoms with Gasteiger partial charge in [0.25, 0.3) is 5.91 Å². The van der Waals surface area contributed by atoms with Crippen LogP contribution >= 0.6 is 15.9 Å². The van der Waals surface area contributed by atoms with Gasteiger partial charge in [-0.3, -0.25) is 10.2 Å². The molecule has 0 unspecified atom stereocenters. The fraction of sp³-hybridized carbons (Fsp3) is 0.188. The maximum atomic E-state index is 11.5. The molecule has 0 atom stereocenters. The van der Waals surface area contributed by atoms with Crippen molar-refractivity contribution in [2.24, 2.45) is 5.84 Å². The molecule has 0 bridgehead atoms. The quantitative estimate of drug-likeness (QED) is 0.507. The highest BCUT2D eigenvalue weighted by Gasteiger charge is 2.09. The summed E-state index contributed by atoms with van der Waals surface area (Å²) in [4.78, 5) is 13.6. The monoisotopic (exact) mass is 347 g/mol. The number of hydrogen-bond donors (Lipinski definition) is 2. The Bertz CT molecular complexity index is 640. The van der Waals surface area contributed by atoms with Crippen LogP contribution in [0.15, 0.2) is 46.9 Å². The average molecular weight is 348 g/mol. The summed E-state index contributed by atoms with van der Waals surface area (Å²) in [5.74, 6) is 4.84. The van der Waals surface area contributed by atoms with E-state index >= 15 is 0 Å². The van der Waals surface area contributed by atoms with E-state index in [1.807, 2.05) is 13.1 Å². The van der Waals surface area contributed by atoms with E-state index in [1.165, 1.54) is 5.56 Å². The summed E-state index contributed by atoms with van der Waals surface area (Å²) in [5.41, 5.74) is 6.16. The van der Waals surface area contributed by atoms with Crippen LogP contribution in [0.4, 0.5) is 5.69 Å². The van der Waals surface area contributed by atoms with Crippen LogP contribution in [0, 0.1) is 6.92 Å². The van der Waals surface area contributed by atoms with Crippen LogP contribution in [0.5, 0.6) is 0 Å². The first-order valence-electron chi connectivity index (χ1n) is 6.58. The number of halogens is 1. The normalized spacial score (nSPS) is 10.3. The van der Waals surface area contributed by atoms with Crippen molar-refractivity contribution in [1.29, 1.82) is 0 Å². The van der Waals surface area contributed by atoms with Gasteiger partial charge < -0.3 is 4.90 Å². The molecule has 3 N–H and O–H groups in total. The number of nitrogens with zero attached hydrogens (tertiary/aromatic N) is 1. The van der Waals surface area contributed by atoms with Crippen molar-refractivity contribution in [1.82, 2.24) is 5.43 Å². The number of aryl methyl sites for hydroxylation is 1. The van der Waals surface area contributed by atoms with Gasteiger partial charge in [0, 0.05) is 29.3 Å². The van der Waals surface area contributed by atoms with Gasteiger partial charge in [-0.05, 0) is 36.8 Å². The zero-order chi connectivity index (χ0) is 15.4. The molecular formula is C16H18BrN3O. The molecule has 0 aliphatic rings. The highest BCUT2D eigenvalue weighted by atomic mass is 79.9. The molecule has 5 heteroatoms. The van der Waals surface area contributed by atoms with Crippen molar-refractivity contribution in [2.75, 3.05) is 11.9 Å². The average Bonchev–Trinajstić information content (AvgIpc) is 2.49. The van der Waals surface area contributed by atoms with Gasteiger partial charge in [0.15, 0.2) is 0 Å². The Morgan fingerprint density at radius 1 is 1.24 bits per heavy atom. The Morgan fingerprint density at radius 2 is 1.90 bits per heavy atom. The molecule has 0 aliphatic heterocycles. The highest BCUT2D eigenvalue weighted by molar-refractivity contribution is 9.10. The lowest BCUT2D eigenvalue weighted by Gasteiger charge is -2.20. The van der Waals surface area contributed by atoms with Crippen molar-refractivity contribution in [3.63, 3.8) is 0 Å². The van der Waals surface area contributed by atoms with Gasteiger partial charge in [0.2, 0.25) is 0 Å². The van der Waals surface area contributed by atoms with Crippen LogP contribution in [0.3, 0.4) is 0 Å². The molecule has 0 aliphatic carbocycles. The lowest BCUT2D eigenvalue weighted by atomic mass is 10.1. The zero-order valence-corrected chi connectivity index (χ0v) is 13.6. The predicted molar refractivity (Wildman–Crippen MR) is 89.1 cm³/mol. The Kier molecular flexibility index (Phi) is 4.98. The first-order chi connectivity index (χ1) is 10.0. The summed E-state index contributed by atoms with van der Waals surface area (Å²) in [6.45, 7) is 2.82. The molecule has 0 fully saturated rings. The highest BCUT2D eigenvalue weighted by Crippen LogP contribution is 2.23. The number of hydrazine groups is 1. The summed E-state index contributed by atoms with van der Waals surface area (Å²) >= 11 is 3.51. The summed E-state index contributed by atoms with van der Waals surface area (Å²) in [6, 6.07) is 13.9. The second kappa shape index (κ2) is 6.74. The molecule has 0 aromatic heterocycles. The zero-order valence-electron chi connectivity index (χ0n) is 12.1. The van der Waals surface area contributed by atoms with Gasteiger partial charge >= 0.3 is 0 Å². The van der Waals surface area contributed by atoms with Gasteiger partial charge in [-0.1, -0.05) is 39.7 Å². The SMILES string of the molecule is Cc1ccc(N(C)Cc2ccc(C(=O)NN)cc2Br)cc1. The minimum atomic E-state index is -0.297. The van der Waals surface area contributed by atoms with Crippen molar-refractivity contribution >= 4 is 27.5 Å². The molecule has 0 spiro atoms. The van der Waals surface area contributed by atoms with E-state index in [9.17, 15) is 4.79 Å². The van der Waals surface area contributed by atoms with Crippen LogP contribution in [-0.4, -0.2) is 13.0 Å². The van der Waals surface area contributed by atoms with Gasteiger partial charge in [-0.2, -0.15) is 0 Å². The number of nitrogens with two attached hydrogens (primary N) is 1. The number of anilines is 1. The fourth-order valence-corrected chi connectivity index (χ4v) is 2.55. The fourth-order valence-electron chi connectivity index (χ4n) is 2.05. The maximum absolute atomic E-state index is 11.5. The second-order valence-electron chi connectivity index (χ2n) is 4.97. The lowest BCUT2D eigenvalue weighted by Crippen LogP contribution is -2.30. The summed E-state index contributed by atoms with van der Waals surface area (Å²) in [7, 11) is 2.04. The number of rotatable bonds is 4. The summed E-state index contributed by atoms with van der Waals surface area (Å²) in [5, 5.41) is 0. The molecular weight excluding hydrogens is 330 g/mol. The first kappa shape index (κ1) is 15.5. The Hall–Kier alpha value is -1.85. The minimum Gasteiger partial charge on any atom is -0.370 e. The van der Waals surface area contributed by atoms with Crippen molar-refractivity contribution in [3.05, 3.63) is 63.6 Å². The van der Waals surface area contributed by atoms with Crippen molar-refractivity contribution in [2.45, 2.75) is 13.5 Å². The van der Waals surface area contributed by atoms with Gasteiger partial charge in [-0.15, -0.1) is 0 Å². The molecule has 0 saturated heterocycles. The lowest BCUT2D eigenvalue weighted by molar-refractivity contribution is 0.0953. The van der Waals surface area contributed by atoms with Crippen molar-refractivity contribution < 1.29 is 4.79 Å². The molecule has 0 saturated carbocycles. The number of amides is 1. The summed E-state index contributed by atoms with van der Waals surface area (Å²) in [6.07, 6.45) is 0. The largest absolute Gasteiger partial charge is 0.370 e. The van der Waals surface area contributed by atoms with Gasteiger partial charge in [0.05, 0.1) is 0 Å². The van der Waals surface area contributed by atoms with Crippen molar-refractivity contribution in [3.8, 4) is 0 Å². The number of nitrogen functional groups attached to an aromatic ring is 1. The van der Waals surface area contributed by atoms with E-state index in [2.05, 4.69) is 57.4 Å². The topological polar surface area (TPSA) is 58.4 Å². The van der Waals surface area contributed by atoms with E-state index in [4.69, 9.17) is 5.84 Å². The number of carbonyl (C=O) groups is 1. The maximum Gasteiger partial charge on any atom is 0.265 e. The number of hydrogen-bond acceptors (Lipinski definition) is 3. The van der Waals surface area contributed by atoms with Crippen LogP contribution in [0.2, 0.25) is 0 Å². The number of nitrogens with one attached hydrogen (secondary N) is 1. The molecule has 110 valence electrons. The predicted octanol–water partition coefficient (Wildman–Crippen LogP) is 3.00. The van der Waals surface area contributed by atoms with Crippen LogP contribution in [0.25, 0.3) is 0 Å². The summed E-state index contributed by atoms with van der Waals surface area (Å²) < 4.78 is 0.891. The molecule has 4 nitrogen and oxygen atoms in total. The van der Waals surface area contributed by atoms with E-state index in [-0.39, 0.29) is 5.91 Å². The van der Waals surface area contributed by atoms with E-state index < -0.39 is 0 Å². The third-order valence-corrected chi connectivity index (χ3v) is 4.07. The molecule has 2 rings (SSSR count). The van der Waals surface area contributed by atoms with Gasteiger partial charge in [0.1, 0.15) is 0 Å². The van der Waals surface area contributed by atoms with Gasteiger partial charge in [-0.25, -0.2) is 5.84 Å². The molecule has 0 radical (unpaired) electrons. The van der Waals surface area contributed by atoms with Crippen LogP contribution < -0.4 is 16.2 Å². The molecule has 2 aromatic rings. The number of carbonyl (C=O) groups excluding carboxylic acids is 1. The van der Waals surface area contributed by atoms with Crippen LogP contribution in [0.1, 0.15) is 21.5 Å². The number of benzene rings is 2. The third kappa shape index (κ3) is 3.83. The molecule has 21 heavy (non-hydrogen) atoms. The molecule has 1 amide bonds. The molecule has 2 aromatic carbocycles. The smallest absolute Gasteiger partial charge is 0.265 e. The van der Waals surface area contributed by atoms with E-state index in [0.29, 0.717) is 5.56 Å². The Balaban J connectivity index is 2.15. The standard InChI is InChI=1S/C16H18BrN3O/c1-11-3-7-14(8-4-11)20(2)10-13-6-5-12(9-15(13)17)16(21)19-18/h3-9H,10,18H2,1-2H3,(H,19,21). The third-order valence-electron chi connectivity index (χ3n) is 3.33. The second-order valence-corrected chi connectivity index (χ2v) is 5.83.